The molecule has 0 aromatic heterocycles. The summed E-state index contributed by atoms with van der Waals surface area (Å²) in [5, 5.41) is 0. The molecule has 0 amide bonds. The lowest BCUT2D eigenvalue weighted by Gasteiger charge is -2.53. The van der Waals surface area contributed by atoms with E-state index in [1.165, 1.54) is 45.3 Å². The van der Waals surface area contributed by atoms with Gasteiger partial charge in [0.05, 0.1) is 0 Å². The monoisotopic (exact) mass is 239 g/mol. The highest BCUT2D eigenvalue weighted by Crippen LogP contribution is 2.35. The Bertz CT molecular complexity index is 264. The third-order valence-electron chi connectivity index (χ3n) is 4.70. The normalized spacial score (nSPS) is 36.0. The van der Waals surface area contributed by atoms with Crippen molar-refractivity contribution in [3.05, 3.63) is 0 Å². The smallest absolute Gasteiger partial charge is 0.0458 e. The number of nitrogens with two attached hydrogens (primary N) is 1. The van der Waals surface area contributed by atoms with Crippen LogP contribution in [0.5, 0.6) is 0 Å². The predicted molar refractivity (Wildman–Crippen MR) is 73.1 cm³/mol. The van der Waals surface area contributed by atoms with Crippen LogP contribution in [0, 0.1) is 5.41 Å². The zero-order valence-electron chi connectivity index (χ0n) is 11.8. The molecule has 0 spiro atoms. The third-order valence-corrected chi connectivity index (χ3v) is 4.70. The first-order valence-corrected chi connectivity index (χ1v) is 7.11. The molecule has 0 aliphatic carbocycles. The number of likely N-dealkylation sites (tertiary alicyclic amines) is 2. The van der Waals surface area contributed by atoms with Crippen LogP contribution in [-0.2, 0) is 0 Å². The maximum Gasteiger partial charge on any atom is 0.0458 e. The summed E-state index contributed by atoms with van der Waals surface area (Å²) in [5.74, 6) is 0. The summed E-state index contributed by atoms with van der Waals surface area (Å²) in [5.41, 5.74) is 6.87. The molecule has 3 nitrogen and oxygen atoms in total. The van der Waals surface area contributed by atoms with Gasteiger partial charge in [-0.1, -0.05) is 13.8 Å². The second kappa shape index (κ2) is 4.87. The Balaban J connectivity index is 2.11. The van der Waals surface area contributed by atoms with Crippen LogP contribution in [0.4, 0.5) is 0 Å². The van der Waals surface area contributed by atoms with E-state index in [2.05, 4.69) is 30.7 Å². The Morgan fingerprint density at radius 3 is 2.35 bits per heavy atom. The van der Waals surface area contributed by atoms with Crippen LogP contribution in [-0.4, -0.2) is 55.1 Å². The fourth-order valence-corrected chi connectivity index (χ4v) is 3.72. The van der Waals surface area contributed by atoms with Crippen molar-refractivity contribution in [3.63, 3.8) is 0 Å². The van der Waals surface area contributed by atoms with E-state index in [0.29, 0.717) is 5.41 Å². The Morgan fingerprint density at radius 2 is 1.76 bits per heavy atom. The summed E-state index contributed by atoms with van der Waals surface area (Å²) < 4.78 is 0. The summed E-state index contributed by atoms with van der Waals surface area (Å²) >= 11 is 0. The number of nitrogens with zero attached hydrogens (tertiary/aromatic N) is 2. The molecule has 0 saturated carbocycles. The number of likely N-dealkylation sites (N-methyl/N-ethyl adjacent to an activating group) is 1. The predicted octanol–water partition coefficient (Wildman–Crippen LogP) is 1.53. The molecule has 100 valence electrons. The highest BCUT2D eigenvalue weighted by molar-refractivity contribution is 4.99. The van der Waals surface area contributed by atoms with Crippen molar-refractivity contribution < 1.29 is 0 Å². The summed E-state index contributed by atoms with van der Waals surface area (Å²) in [4.78, 5) is 5.16. The second-order valence-electron chi connectivity index (χ2n) is 6.96. The van der Waals surface area contributed by atoms with E-state index in [1.807, 2.05) is 0 Å². The summed E-state index contributed by atoms with van der Waals surface area (Å²) in [6, 6.07) is 0. The van der Waals surface area contributed by atoms with Gasteiger partial charge in [-0.3, -0.25) is 4.90 Å². The lowest BCUT2D eigenvalue weighted by molar-refractivity contribution is -0.0209. The fourth-order valence-electron chi connectivity index (χ4n) is 3.72. The lowest BCUT2D eigenvalue weighted by atomic mass is 9.79. The molecule has 1 atom stereocenters. The molecule has 17 heavy (non-hydrogen) atoms. The van der Waals surface area contributed by atoms with Crippen molar-refractivity contribution >= 4 is 0 Å². The van der Waals surface area contributed by atoms with Gasteiger partial charge in [0.25, 0.3) is 0 Å². The van der Waals surface area contributed by atoms with E-state index in [4.69, 9.17) is 5.73 Å². The molecule has 0 radical (unpaired) electrons. The van der Waals surface area contributed by atoms with E-state index in [1.54, 1.807) is 0 Å². The SMILES string of the molecule is CN1CCCC(CN)(N2CCCC(C)(C)C2)C1. The first-order valence-electron chi connectivity index (χ1n) is 7.11. The summed E-state index contributed by atoms with van der Waals surface area (Å²) in [6.45, 7) is 10.5. The molecular formula is C14H29N3. The van der Waals surface area contributed by atoms with Crippen LogP contribution in [0.25, 0.3) is 0 Å². The molecule has 2 saturated heterocycles. The topological polar surface area (TPSA) is 32.5 Å². The van der Waals surface area contributed by atoms with E-state index >= 15 is 0 Å². The van der Waals surface area contributed by atoms with Gasteiger partial charge in [0.2, 0.25) is 0 Å². The maximum absolute atomic E-state index is 6.15. The minimum atomic E-state index is 0.255. The van der Waals surface area contributed by atoms with E-state index in [0.717, 1.165) is 13.1 Å². The van der Waals surface area contributed by atoms with Gasteiger partial charge in [-0.2, -0.15) is 0 Å². The van der Waals surface area contributed by atoms with Crippen LogP contribution >= 0.6 is 0 Å². The quantitative estimate of drug-likeness (QED) is 0.793. The van der Waals surface area contributed by atoms with Gasteiger partial charge in [-0.25, -0.2) is 0 Å². The van der Waals surface area contributed by atoms with Crippen LogP contribution in [0.15, 0.2) is 0 Å². The molecule has 3 heteroatoms. The molecule has 2 fully saturated rings. The highest BCUT2D eigenvalue weighted by atomic mass is 15.3. The van der Waals surface area contributed by atoms with E-state index < -0.39 is 0 Å². The van der Waals surface area contributed by atoms with Crippen LogP contribution < -0.4 is 5.73 Å². The van der Waals surface area contributed by atoms with Crippen molar-refractivity contribution in [1.82, 2.24) is 9.80 Å². The Labute approximate surface area is 106 Å². The maximum atomic E-state index is 6.15. The minimum Gasteiger partial charge on any atom is -0.329 e. The van der Waals surface area contributed by atoms with Crippen LogP contribution in [0.1, 0.15) is 39.5 Å². The standard InChI is InChI=1S/C14H29N3/c1-13(2)6-4-9-17(11-13)14(10-15)7-5-8-16(3)12-14/h4-12,15H2,1-3H3. The van der Waals surface area contributed by atoms with Gasteiger partial charge in [0.15, 0.2) is 0 Å². The molecule has 2 N–H and O–H groups in total. The fraction of sp³-hybridized carbons (Fsp3) is 1.00. The molecular weight excluding hydrogens is 210 g/mol. The Morgan fingerprint density at radius 1 is 1.06 bits per heavy atom. The van der Waals surface area contributed by atoms with Gasteiger partial charge in [-0.15, -0.1) is 0 Å². The van der Waals surface area contributed by atoms with Gasteiger partial charge in [-0.05, 0) is 51.2 Å². The molecule has 2 aliphatic rings. The molecule has 2 aliphatic heterocycles. The first-order chi connectivity index (χ1) is 7.97. The van der Waals surface area contributed by atoms with Crippen molar-refractivity contribution in [2.45, 2.75) is 45.1 Å². The van der Waals surface area contributed by atoms with Gasteiger partial charge >= 0.3 is 0 Å². The molecule has 0 bridgehead atoms. The van der Waals surface area contributed by atoms with E-state index in [-0.39, 0.29) is 5.54 Å². The number of hydrogen-bond donors (Lipinski definition) is 1. The summed E-state index contributed by atoms with van der Waals surface area (Å²) in [6.07, 6.45) is 5.27. The zero-order chi connectivity index (χ0) is 12.5. The Kier molecular flexibility index (Phi) is 3.81. The average Bonchev–Trinajstić information content (AvgIpc) is 2.27. The van der Waals surface area contributed by atoms with Gasteiger partial charge in [0, 0.05) is 25.2 Å². The first kappa shape index (κ1) is 13.3. The van der Waals surface area contributed by atoms with Crippen molar-refractivity contribution in [3.8, 4) is 0 Å². The number of hydrogen-bond acceptors (Lipinski definition) is 3. The lowest BCUT2D eigenvalue weighted by Crippen LogP contribution is -2.64. The van der Waals surface area contributed by atoms with Crippen LogP contribution in [0.3, 0.4) is 0 Å². The van der Waals surface area contributed by atoms with Gasteiger partial charge in [0.1, 0.15) is 0 Å². The second-order valence-corrected chi connectivity index (χ2v) is 6.96. The minimum absolute atomic E-state index is 0.255. The highest BCUT2D eigenvalue weighted by Gasteiger charge is 2.42. The molecule has 1 unspecified atom stereocenters. The van der Waals surface area contributed by atoms with Crippen molar-refractivity contribution in [1.29, 1.82) is 0 Å². The molecule has 2 heterocycles. The van der Waals surface area contributed by atoms with Crippen molar-refractivity contribution in [2.75, 3.05) is 39.8 Å². The third kappa shape index (κ3) is 2.83. The molecule has 0 aromatic rings. The average molecular weight is 239 g/mol. The number of rotatable bonds is 2. The molecule has 2 rings (SSSR count). The number of piperidine rings is 2. The Hall–Kier alpha value is -0.120. The zero-order valence-corrected chi connectivity index (χ0v) is 11.8. The van der Waals surface area contributed by atoms with Gasteiger partial charge < -0.3 is 10.6 Å². The molecule has 0 aromatic carbocycles. The summed E-state index contributed by atoms with van der Waals surface area (Å²) in [7, 11) is 2.23. The van der Waals surface area contributed by atoms with Crippen LogP contribution in [0.2, 0.25) is 0 Å². The van der Waals surface area contributed by atoms with E-state index in [9.17, 15) is 0 Å². The van der Waals surface area contributed by atoms with Crippen molar-refractivity contribution in [2.24, 2.45) is 11.1 Å². The largest absolute Gasteiger partial charge is 0.329 e.